The molecule has 0 saturated heterocycles. The zero-order chi connectivity index (χ0) is 9.84. The summed E-state index contributed by atoms with van der Waals surface area (Å²) in [6.45, 7) is 8.95. The highest BCUT2D eigenvalue weighted by Gasteiger charge is 2.16. The molecule has 0 aromatic carbocycles. The Morgan fingerprint density at radius 3 is 2.08 bits per heavy atom. The summed E-state index contributed by atoms with van der Waals surface area (Å²) in [7, 11) is 0. The Hall–Kier alpha value is -0.460. The average molecular weight is 181 g/mol. The van der Waals surface area contributed by atoms with Gasteiger partial charge < -0.3 is 5.32 Å². The summed E-state index contributed by atoms with van der Waals surface area (Å²) in [5, 5.41) is 3.69. The van der Waals surface area contributed by atoms with Gasteiger partial charge in [0.05, 0.1) is 0 Å². The third-order valence-corrected chi connectivity index (χ3v) is 2.83. The third-order valence-electron chi connectivity index (χ3n) is 2.83. The van der Waals surface area contributed by atoms with E-state index in [1.54, 1.807) is 0 Å². The van der Waals surface area contributed by atoms with Crippen molar-refractivity contribution in [2.24, 2.45) is 5.92 Å². The molecule has 0 amide bonds. The average Bonchev–Trinajstić information content (AvgIpc) is 2.50. The van der Waals surface area contributed by atoms with Crippen LogP contribution in [-0.4, -0.2) is 6.04 Å². The second kappa shape index (κ2) is 4.69. The molecule has 1 N–H and O–H groups in total. The predicted molar refractivity (Wildman–Crippen MR) is 58.6 cm³/mol. The molecule has 76 valence electrons. The second-order valence-electron chi connectivity index (χ2n) is 4.69. The maximum atomic E-state index is 3.69. The lowest BCUT2D eigenvalue weighted by atomic mass is 10.0. The number of hydrogen-bond donors (Lipinski definition) is 1. The molecule has 13 heavy (non-hydrogen) atoms. The predicted octanol–water partition coefficient (Wildman–Crippen LogP) is 3.47. The largest absolute Gasteiger partial charge is 0.385 e. The lowest BCUT2D eigenvalue weighted by Crippen LogP contribution is -2.28. The number of hydrogen-bond acceptors (Lipinski definition) is 1. The molecule has 1 fully saturated rings. The molecule has 1 nitrogen and oxygen atoms in total. The minimum absolute atomic E-state index is 0.644. The van der Waals surface area contributed by atoms with Crippen LogP contribution in [0.5, 0.6) is 0 Å². The second-order valence-corrected chi connectivity index (χ2v) is 4.69. The van der Waals surface area contributed by atoms with Crippen molar-refractivity contribution in [3.05, 3.63) is 11.3 Å². The van der Waals surface area contributed by atoms with Crippen LogP contribution in [0.1, 0.15) is 53.4 Å². The van der Waals surface area contributed by atoms with Crippen LogP contribution in [-0.2, 0) is 0 Å². The molecule has 0 aliphatic heterocycles. The first-order valence-corrected chi connectivity index (χ1v) is 5.55. The van der Waals surface area contributed by atoms with E-state index in [2.05, 4.69) is 33.0 Å². The highest BCUT2D eigenvalue weighted by Crippen LogP contribution is 2.21. The van der Waals surface area contributed by atoms with E-state index in [9.17, 15) is 0 Å². The zero-order valence-corrected chi connectivity index (χ0v) is 9.48. The van der Waals surface area contributed by atoms with E-state index in [1.807, 2.05) is 0 Å². The van der Waals surface area contributed by atoms with Gasteiger partial charge in [0.2, 0.25) is 0 Å². The fourth-order valence-corrected chi connectivity index (χ4v) is 2.18. The topological polar surface area (TPSA) is 12.0 Å². The minimum Gasteiger partial charge on any atom is -0.385 e. The molecule has 0 atom stereocenters. The normalized spacial score (nSPS) is 17.9. The molecule has 0 unspecified atom stereocenters. The number of allylic oxidation sites excluding steroid dienone is 2. The Bertz CT molecular complexity index is 181. The highest BCUT2D eigenvalue weighted by molar-refractivity contribution is 5.11. The van der Waals surface area contributed by atoms with E-state index < -0.39 is 0 Å². The first-order chi connectivity index (χ1) is 6.11. The molecule has 0 aromatic rings. The van der Waals surface area contributed by atoms with Crippen molar-refractivity contribution in [3.63, 3.8) is 0 Å². The Morgan fingerprint density at radius 1 is 1.15 bits per heavy atom. The Labute approximate surface area is 82.6 Å². The van der Waals surface area contributed by atoms with Gasteiger partial charge >= 0.3 is 0 Å². The van der Waals surface area contributed by atoms with Crippen LogP contribution in [0.4, 0.5) is 0 Å². The number of rotatable bonds is 3. The van der Waals surface area contributed by atoms with Gasteiger partial charge in [-0.2, -0.15) is 0 Å². The first kappa shape index (κ1) is 10.6. The van der Waals surface area contributed by atoms with Crippen LogP contribution in [0.3, 0.4) is 0 Å². The smallest absolute Gasteiger partial charge is 0.0258 e. The monoisotopic (exact) mass is 181 g/mol. The lowest BCUT2D eigenvalue weighted by Gasteiger charge is -2.21. The van der Waals surface area contributed by atoms with Crippen molar-refractivity contribution in [3.8, 4) is 0 Å². The molecule has 0 heterocycles. The van der Waals surface area contributed by atoms with Gasteiger partial charge in [-0.15, -0.1) is 0 Å². The quantitative estimate of drug-likeness (QED) is 0.703. The first-order valence-electron chi connectivity index (χ1n) is 5.55. The molecule has 0 radical (unpaired) electrons. The van der Waals surface area contributed by atoms with E-state index in [4.69, 9.17) is 0 Å². The minimum atomic E-state index is 0.644. The van der Waals surface area contributed by atoms with Crippen LogP contribution < -0.4 is 5.32 Å². The van der Waals surface area contributed by atoms with E-state index in [-0.39, 0.29) is 0 Å². The molecule has 0 aromatic heterocycles. The van der Waals surface area contributed by atoms with Crippen LogP contribution in [0.25, 0.3) is 0 Å². The van der Waals surface area contributed by atoms with Crippen molar-refractivity contribution >= 4 is 0 Å². The van der Waals surface area contributed by atoms with Crippen molar-refractivity contribution < 1.29 is 0 Å². The van der Waals surface area contributed by atoms with Gasteiger partial charge in [0, 0.05) is 11.7 Å². The zero-order valence-electron chi connectivity index (χ0n) is 9.48. The van der Waals surface area contributed by atoms with Gasteiger partial charge in [-0.1, -0.05) is 32.3 Å². The van der Waals surface area contributed by atoms with Crippen LogP contribution in [0.15, 0.2) is 11.3 Å². The summed E-state index contributed by atoms with van der Waals surface area (Å²) in [6.07, 6.45) is 5.55. The van der Waals surface area contributed by atoms with Gasteiger partial charge in [0.1, 0.15) is 0 Å². The molecular formula is C12H23N. The third kappa shape index (κ3) is 3.06. The SMILES string of the molecule is CC(C)=C(NC1CCCC1)C(C)C. The summed E-state index contributed by atoms with van der Waals surface area (Å²) in [6, 6.07) is 0.757. The van der Waals surface area contributed by atoms with E-state index in [1.165, 1.54) is 37.0 Å². The molecule has 1 saturated carbocycles. The summed E-state index contributed by atoms with van der Waals surface area (Å²) in [4.78, 5) is 0. The summed E-state index contributed by atoms with van der Waals surface area (Å²) < 4.78 is 0. The molecule has 1 heteroatoms. The van der Waals surface area contributed by atoms with Crippen LogP contribution >= 0.6 is 0 Å². The van der Waals surface area contributed by atoms with Gasteiger partial charge in [0.25, 0.3) is 0 Å². The van der Waals surface area contributed by atoms with E-state index in [0.29, 0.717) is 5.92 Å². The van der Waals surface area contributed by atoms with E-state index >= 15 is 0 Å². The molecule has 1 rings (SSSR count). The summed E-state index contributed by atoms with van der Waals surface area (Å²) >= 11 is 0. The Balaban J connectivity index is 2.52. The van der Waals surface area contributed by atoms with Crippen molar-refractivity contribution in [2.45, 2.75) is 59.4 Å². The van der Waals surface area contributed by atoms with Crippen molar-refractivity contribution in [1.29, 1.82) is 0 Å². The van der Waals surface area contributed by atoms with Gasteiger partial charge in [-0.25, -0.2) is 0 Å². The highest BCUT2D eigenvalue weighted by atomic mass is 14.9. The maximum absolute atomic E-state index is 3.69. The lowest BCUT2D eigenvalue weighted by molar-refractivity contribution is 0.531. The standard InChI is InChI=1S/C12H23N/c1-9(2)12(10(3)4)13-11-7-5-6-8-11/h9,11,13H,5-8H2,1-4H3. The van der Waals surface area contributed by atoms with Gasteiger partial charge in [0.15, 0.2) is 0 Å². The van der Waals surface area contributed by atoms with Gasteiger partial charge in [-0.3, -0.25) is 0 Å². The fourth-order valence-electron chi connectivity index (χ4n) is 2.18. The van der Waals surface area contributed by atoms with Crippen molar-refractivity contribution in [2.75, 3.05) is 0 Å². The summed E-state index contributed by atoms with van der Waals surface area (Å²) in [5.74, 6) is 0.644. The number of nitrogens with one attached hydrogen (secondary N) is 1. The molecular weight excluding hydrogens is 158 g/mol. The maximum Gasteiger partial charge on any atom is 0.0258 e. The van der Waals surface area contributed by atoms with Crippen molar-refractivity contribution in [1.82, 2.24) is 5.32 Å². The van der Waals surface area contributed by atoms with E-state index in [0.717, 1.165) is 6.04 Å². The Kier molecular flexibility index (Phi) is 3.83. The molecule has 0 bridgehead atoms. The summed E-state index contributed by atoms with van der Waals surface area (Å²) in [5.41, 5.74) is 2.91. The Morgan fingerprint density at radius 2 is 1.69 bits per heavy atom. The van der Waals surface area contributed by atoms with Crippen LogP contribution in [0.2, 0.25) is 0 Å². The molecule has 0 spiro atoms. The molecule has 1 aliphatic rings. The molecule has 1 aliphatic carbocycles. The fraction of sp³-hybridized carbons (Fsp3) is 0.833. The van der Waals surface area contributed by atoms with Crippen LogP contribution in [0, 0.1) is 5.92 Å². The van der Waals surface area contributed by atoms with Gasteiger partial charge in [-0.05, 0) is 32.6 Å².